The fourth-order valence-electron chi connectivity index (χ4n) is 4.40. The lowest BCUT2D eigenvalue weighted by molar-refractivity contribution is -0.119. The first-order valence-corrected chi connectivity index (χ1v) is 12.1. The van der Waals surface area contributed by atoms with Crippen LogP contribution >= 0.6 is 0 Å². The van der Waals surface area contributed by atoms with Gasteiger partial charge in [-0.25, -0.2) is 15.0 Å². The van der Waals surface area contributed by atoms with E-state index in [0.717, 1.165) is 39.0 Å². The summed E-state index contributed by atoms with van der Waals surface area (Å²) in [6.45, 7) is 0.492. The van der Waals surface area contributed by atoms with Crippen LogP contribution in [0.15, 0.2) is 91.5 Å². The number of nitrogens with zero attached hydrogens (tertiary/aromatic N) is 4. The molecule has 0 spiro atoms. The second-order valence-corrected chi connectivity index (χ2v) is 8.78. The highest BCUT2D eigenvalue weighted by Crippen LogP contribution is 2.25. The van der Waals surface area contributed by atoms with E-state index in [-0.39, 0.29) is 0 Å². The summed E-state index contributed by atoms with van der Waals surface area (Å²) in [6.07, 6.45) is 6.08. The highest BCUT2D eigenvalue weighted by atomic mass is 16.5. The molecule has 0 saturated heterocycles. The molecule has 2 heterocycles. The zero-order chi connectivity index (χ0) is 25.6. The maximum absolute atomic E-state index is 12.7. The van der Waals surface area contributed by atoms with Crippen molar-refractivity contribution in [3.8, 4) is 17.0 Å². The van der Waals surface area contributed by atoms with E-state index in [4.69, 9.17) is 15.5 Å². The van der Waals surface area contributed by atoms with Crippen molar-refractivity contribution in [2.75, 3.05) is 18.6 Å². The van der Waals surface area contributed by atoms with Crippen molar-refractivity contribution in [2.45, 2.75) is 18.9 Å². The first-order chi connectivity index (χ1) is 18.1. The van der Waals surface area contributed by atoms with Crippen LogP contribution in [0.4, 0.5) is 5.95 Å². The van der Waals surface area contributed by atoms with Gasteiger partial charge in [-0.2, -0.15) is 0 Å². The number of aromatic nitrogens is 4. The molecule has 0 fully saturated rings. The number of primary amides is 1. The van der Waals surface area contributed by atoms with Gasteiger partial charge in [0.1, 0.15) is 11.8 Å². The van der Waals surface area contributed by atoms with Crippen LogP contribution in [0, 0.1) is 0 Å². The van der Waals surface area contributed by atoms with Gasteiger partial charge in [-0.3, -0.25) is 4.79 Å². The monoisotopic (exact) mass is 492 g/mol. The average Bonchev–Trinajstić information content (AvgIpc) is 3.46. The Bertz CT molecular complexity index is 1480. The number of benzene rings is 3. The SMILES string of the molecule is COc1ccc(CCN(c2nccc(-c3ccc4ccccc4c3)n2)[C@@H](Cc2c[nH]cn2)C(N)=O)cc1. The molecule has 3 N–H and O–H groups in total. The Morgan fingerprint density at radius 2 is 1.84 bits per heavy atom. The van der Waals surface area contributed by atoms with Gasteiger partial charge >= 0.3 is 0 Å². The number of rotatable bonds is 10. The number of aromatic amines is 1. The largest absolute Gasteiger partial charge is 0.497 e. The lowest BCUT2D eigenvalue weighted by Gasteiger charge is -2.29. The summed E-state index contributed by atoms with van der Waals surface area (Å²) >= 11 is 0. The van der Waals surface area contributed by atoms with Gasteiger partial charge in [-0.1, -0.05) is 48.5 Å². The Labute approximate surface area is 215 Å². The minimum Gasteiger partial charge on any atom is -0.497 e. The van der Waals surface area contributed by atoms with Crippen molar-refractivity contribution in [3.05, 3.63) is 103 Å². The second kappa shape index (κ2) is 10.9. The molecule has 1 amide bonds. The summed E-state index contributed by atoms with van der Waals surface area (Å²) in [6, 6.07) is 23.5. The fraction of sp³-hybridized carbons (Fsp3) is 0.172. The van der Waals surface area contributed by atoms with E-state index in [2.05, 4.69) is 39.2 Å². The summed E-state index contributed by atoms with van der Waals surface area (Å²) in [5.74, 6) is 0.775. The summed E-state index contributed by atoms with van der Waals surface area (Å²) in [7, 11) is 1.64. The van der Waals surface area contributed by atoms with Gasteiger partial charge in [0.25, 0.3) is 0 Å². The van der Waals surface area contributed by atoms with Crippen LogP contribution in [0.2, 0.25) is 0 Å². The molecule has 37 heavy (non-hydrogen) atoms. The van der Waals surface area contributed by atoms with Gasteiger partial charge in [-0.15, -0.1) is 0 Å². The number of hydrogen-bond acceptors (Lipinski definition) is 6. The van der Waals surface area contributed by atoms with Crippen molar-refractivity contribution < 1.29 is 9.53 Å². The van der Waals surface area contributed by atoms with E-state index in [1.165, 1.54) is 0 Å². The topological polar surface area (TPSA) is 110 Å². The minimum absolute atomic E-state index is 0.338. The summed E-state index contributed by atoms with van der Waals surface area (Å²) < 4.78 is 5.27. The van der Waals surface area contributed by atoms with Gasteiger partial charge in [0.2, 0.25) is 11.9 Å². The summed E-state index contributed by atoms with van der Waals surface area (Å²) in [4.78, 5) is 31.3. The highest BCUT2D eigenvalue weighted by molar-refractivity contribution is 5.87. The van der Waals surface area contributed by atoms with Gasteiger partial charge in [-0.05, 0) is 47.0 Å². The van der Waals surface area contributed by atoms with Crippen molar-refractivity contribution >= 4 is 22.6 Å². The standard InChI is InChI=1S/C29H28N6O2/c1-37-25-10-6-20(7-11-25)13-15-35(27(28(30)36)17-24-18-31-19-33-24)29-32-14-12-26(34-29)23-9-8-21-4-2-3-5-22(21)16-23/h2-12,14,16,18-19,27H,13,15,17H2,1H3,(H2,30,36)(H,31,33)/t27-/m0/s1. The van der Waals surface area contributed by atoms with Crippen molar-refractivity contribution in [3.63, 3.8) is 0 Å². The van der Waals surface area contributed by atoms with Crippen LogP contribution in [-0.2, 0) is 17.6 Å². The number of imidazole rings is 1. The number of carbonyl (C=O) groups is 1. The number of fused-ring (bicyclic) bond motifs is 1. The van der Waals surface area contributed by atoms with Gasteiger partial charge in [0.05, 0.1) is 24.8 Å². The predicted octanol–water partition coefficient (Wildman–Crippen LogP) is 4.17. The third-order valence-corrected chi connectivity index (χ3v) is 6.41. The molecule has 0 aliphatic heterocycles. The van der Waals surface area contributed by atoms with E-state index < -0.39 is 11.9 Å². The molecular formula is C29H28N6O2. The fourth-order valence-corrected chi connectivity index (χ4v) is 4.40. The lowest BCUT2D eigenvalue weighted by atomic mass is 10.0. The smallest absolute Gasteiger partial charge is 0.240 e. The normalized spacial score (nSPS) is 11.8. The number of ether oxygens (including phenoxy) is 1. The van der Waals surface area contributed by atoms with Crippen LogP contribution in [0.25, 0.3) is 22.0 Å². The zero-order valence-electron chi connectivity index (χ0n) is 20.5. The van der Waals surface area contributed by atoms with Gasteiger partial charge in [0.15, 0.2) is 0 Å². The van der Waals surface area contributed by atoms with Crippen LogP contribution in [-0.4, -0.2) is 45.5 Å². The number of methoxy groups -OCH3 is 1. The molecule has 3 aromatic carbocycles. The van der Waals surface area contributed by atoms with Crippen molar-refractivity contribution in [2.24, 2.45) is 5.73 Å². The Kier molecular flexibility index (Phi) is 7.07. The number of anilines is 1. The molecule has 0 aliphatic rings. The lowest BCUT2D eigenvalue weighted by Crippen LogP contribution is -2.48. The molecule has 0 bridgehead atoms. The molecule has 8 heteroatoms. The number of nitrogens with two attached hydrogens (primary N) is 1. The minimum atomic E-state index is -0.673. The molecule has 5 aromatic rings. The Morgan fingerprint density at radius 1 is 1.03 bits per heavy atom. The highest BCUT2D eigenvalue weighted by Gasteiger charge is 2.27. The van der Waals surface area contributed by atoms with E-state index in [1.807, 2.05) is 53.4 Å². The van der Waals surface area contributed by atoms with Crippen molar-refractivity contribution in [1.29, 1.82) is 0 Å². The van der Waals surface area contributed by atoms with E-state index in [0.29, 0.717) is 25.3 Å². The van der Waals surface area contributed by atoms with Gasteiger partial charge < -0.3 is 20.4 Å². The quantitative estimate of drug-likeness (QED) is 0.303. The van der Waals surface area contributed by atoms with E-state index >= 15 is 0 Å². The Hall–Kier alpha value is -4.72. The predicted molar refractivity (Wildman–Crippen MR) is 144 cm³/mol. The Balaban J connectivity index is 1.49. The van der Waals surface area contributed by atoms with E-state index in [1.54, 1.807) is 25.8 Å². The van der Waals surface area contributed by atoms with Crippen molar-refractivity contribution in [1.82, 2.24) is 19.9 Å². The number of H-pyrrole nitrogens is 1. The molecule has 5 rings (SSSR count). The van der Waals surface area contributed by atoms with Crippen LogP contribution in [0.5, 0.6) is 5.75 Å². The Morgan fingerprint density at radius 3 is 2.57 bits per heavy atom. The summed E-state index contributed by atoms with van der Waals surface area (Å²) in [5.41, 5.74) is 9.50. The molecule has 0 aliphatic carbocycles. The van der Waals surface area contributed by atoms with Crippen LogP contribution in [0.1, 0.15) is 11.3 Å². The maximum atomic E-state index is 12.7. The molecule has 0 radical (unpaired) electrons. The third-order valence-electron chi connectivity index (χ3n) is 6.41. The first kappa shape index (κ1) is 24.0. The number of nitrogens with one attached hydrogen (secondary N) is 1. The van der Waals surface area contributed by atoms with E-state index in [9.17, 15) is 4.79 Å². The summed E-state index contributed by atoms with van der Waals surface area (Å²) in [5, 5.41) is 2.29. The molecule has 186 valence electrons. The molecule has 1 atom stereocenters. The van der Waals surface area contributed by atoms with Crippen LogP contribution in [0.3, 0.4) is 0 Å². The second-order valence-electron chi connectivity index (χ2n) is 8.78. The zero-order valence-corrected chi connectivity index (χ0v) is 20.5. The number of carbonyl (C=O) groups excluding carboxylic acids is 1. The molecule has 0 saturated carbocycles. The average molecular weight is 493 g/mol. The molecular weight excluding hydrogens is 464 g/mol. The first-order valence-electron chi connectivity index (χ1n) is 12.1. The van der Waals surface area contributed by atoms with Gasteiger partial charge in [0, 0.05) is 30.9 Å². The molecule has 8 nitrogen and oxygen atoms in total. The molecule has 0 unspecified atom stereocenters. The maximum Gasteiger partial charge on any atom is 0.240 e. The van der Waals surface area contributed by atoms with Crippen LogP contribution < -0.4 is 15.4 Å². The molecule has 2 aromatic heterocycles. The number of amides is 1. The number of hydrogen-bond donors (Lipinski definition) is 2. The third kappa shape index (κ3) is 5.59.